The van der Waals surface area contributed by atoms with E-state index in [2.05, 4.69) is 52.9 Å². The molecule has 1 aliphatic heterocycles. The molecule has 0 amide bonds. The van der Waals surface area contributed by atoms with Gasteiger partial charge in [-0.2, -0.15) is 0 Å². The van der Waals surface area contributed by atoms with E-state index in [1.165, 1.54) is 24.1 Å². The number of benzene rings is 1. The van der Waals surface area contributed by atoms with E-state index in [9.17, 15) is 0 Å². The van der Waals surface area contributed by atoms with Gasteiger partial charge in [0.2, 0.25) is 0 Å². The van der Waals surface area contributed by atoms with Gasteiger partial charge in [0.1, 0.15) is 0 Å². The van der Waals surface area contributed by atoms with Gasteiger partial charge in [-0.05, 0) is 42.9 Å². The summed E-state index contributed by atoms with van der Waals surface area (Å²) in [5.74, 6) is 0. The maximum atomic E-state index is 5.94. The Bertz CT molecular complexity index is 417. The van der Waals surface area contributed by atoms with Crippen LogP contribution in [0.1, 0.15) is 45.2 Å². The fourth-order valence-corrected chi connectivity index (χ4v) is 3.18. The van der Waals surface area contributed by atoms with Crippen molar-refractivity contribution >= 4 is 21.6 Å². The number of nitrogens with zero attached hydrogens (tertiary/aromatic N) is 1. The van der Waals surface area contributed by atoms with Gasteiger partial charge in [-0.15, -0.1) is 0 Å². The molecule has 1 saturated heterocycles. The summed E-state index contributed by atoms with van der Waals surface area (Å²) >= 11 is 3.63. The van der Waals surface area contributed by atoms with Gasteiger partial charge in [0.15, 0.2) is 0 Å². The number of piperidine rings is 1. The van der Waals surface area contributed by atoms with E-state index < -0.39 is 0 Å². The number of nitrogens with two attached hydrogens (primary N) is 1. The number of halogens is 1. The molecule has 3 heteroatoms. The average molecular weight is 311 g/mol. The third-order valence-electron chi connectivity index (χ3n) is 3.96. The Morgan fingerprint density at radius 1 is 1.28 bits per heavy atom. The number of hydrogen-bond donors (Lipinski definition) is 1. The Morgan fingerprint density at radius 3 is 2.39 bits per heavy atom. The summed E-state index contributed by atoms with van der Waals surface area (Å²) in [6.45, 7) is 9.04. The predicted molar refractivity (Wildman–Crippen MR) is 82.0 cm³/mol. The lowest BCUT2D eigenvalue weighted by Gasteiger charge is -2.38. The summed E-state index contributed by atoms with van der Waals surface area (Å²) in [7, 11) is 0. The molecule has 1 atom stereocenters. The first-order chi connectivity index (χ1) is 8.39. The molecule has 2 nitrogen and oxygen atoms in total. The molecule has 1 fully saturated rings. The summed E-state index contributed by atoms with van der Waals surface area (Å²) in [5.41, 5.74) is 8.92. The topological polar surface area (TPSA) is 29.3 Å². The summed E-state index contributed by atoms with van der Waals surface area (Å²) in [4.78, 5) is 2.47. The fraction of sp³-hybridized carbons (Fsp3) is 0.600. The molecule has 0 radical (unpaired) electrons. The quantitative estimate of drug-likeness (QED) is 0.891. The van der Waals surface area contributed by atoms with Gasteiger partial charge in [-0.25, -0.2) is 0 Å². The Kier molecular flexibility index (Phi) is 4.02. The molecule has 1 heterocycles. The third kappa shape index (κ3) is 3.07. The van der Waals surface area contributed by atoms with Crippen molar-refractivity contribution in [3.63, 3.8) is 0 Å². The lowest BCUT2D eigenvalue weighted by atomic mass is 9.82. The van der Waals surface area contributed by atoms with Crippen molar-refractivity contribution in [1.29, 1.82) is 0 Å². The van der Waals surface area contributed by atoms with E-state index in [0.29, 0.717) is 5.41 Å². The van der Waals surface area contributed by atoms with E-state index in [1.54, 1.807) is 0 Å². The molecule has 18 heavy (non-hydrogen) atoms. The molecule has 1 aromatic rings. The molecule has 2 rings (SSSR count). The van der Waals surface area contributed by atoms with Crippen molar-refractivity contribution in [3.05, 3.63) is 28.2 Å². The van der Waals surface area contributed by atoms with Gasteiger partial charge in [-0.3, -0.25) is 0 Å². The highest BCUT2D eigenvalue weighted by atomic mass is 79.9. The summed E-state index contributed by atoms with van der Waals surface area (Å²) in [5, 5.41) is 0. The first-order valence-corrected chi connectivity index (χ1v) is 7.48. The second kappa shape index (κ2) is 5.22. The Morgan fingerprint density at radius 2 is 1.89 bits per heavy atom. The molecule has 2 N–H and O–H groups in total. The lowest BCUT2D eigenvalue weighted by molar-refractivity contribution is 0.280. The average Bonchev–Trinajstić information content (AvgIpc) is 2.28. The van der Waals surface area contributed by atoms with E-state index in [0.717, 1.165) is 17.6 Å². The van der Waals surface area contributed by atoms with Crippen LogP contribution >= 0.6 is 15.9 Å². The summed E-state index contributed by atoms with van der Waals surface area (Å²) in [6.07, 6.45) is 2.53. The molecular weight excluding hydrogens is 288 g/mol. The minimum atomic E-state index is 0.0775. The van der Waals surface area contributed by atoms with E-state index in [-0.39, 0.29) is 6.04 Å². The minimum absolute atomic E-state index is 0.0775. The largest absolute Gasteiger partial charge is 0.371 e. The molecule has 100 valence electrons. The minimum Gasteiger partial charge on any atom is -0.371 e. The molecule has 0 spiro atoms. The zero-order valence-electron chi connectivity index (χ0n) is 11.5. The third-order valence-corrected chi connectivity index (χ3v) is 4.64. The molecule has 1 aromatic carbocycles. The van der Waals surface area contributed by atoms with Crippen molar-refractivity contribution in [2.24, 2.45) is 11.1 Å². The SMILES string of the molecule is CC(N)c1ccc(N2CCC(C)(C)CC2)cc1Br. The summed E-state index contributed by atoms with van der Waals surface area (Å²) in [6, 6.07) is 6.62. The molecule has 0 aliphatic carbocycles. The van der Waals surface area contributed by atoms with Gasteiger partial charge in [0, 0.05) is 29.3 Å². The Balaban J connectivity index is 2.13. The van der Waals surface area contributed by atoms with E-state index in [4.69, 9.17) is 5.73 Å². The fourth-order valence-electron chi connectivity index (χ4n) is 2.45. The zero-order chi connectivity index (χ0) is 13.3. The van der Waals surface area contributed by atoms with Gasteiger partial charge in [0.25, 0.3) is 0 Å². The van der Waals surface area contributed by atoms with Gasteiger partial charge in [-0.1, -0.05) is 35.8 Å². The molecule has 0 saturated carbocycles. The highest BCUT2D eigenvalue weighted by Gasteiger charge is 2.25. The van der Waals surface area contributed by atoms with Crippen LogP contribution in [0.5, 0.6) is 0 Å². The van der Waals surface area contributed by atoms with Gasteiger partial charge < -0.3 is 10.6 Å². The van der Waals surface area contributed by atoms with Crippen molar-refractivity contribution in [1.82, 2.24) is 0 Å². The first kappa shape index (κ1) is 13.9. The Hall–Kier alpha value is -0.540. The summed E-state index contributed by atoms with van der Waals surface area (Å²) < 4.78 is 1.12. The van der Waals surface area contributed by atoms with Crippen molar-refractivity contribution in [2.45, 2.75) is 39.7 Å². The zero-order valence-corrected chi connectivity index (χ0v) is 13.1. The lowest BCUT2D eigenvalue weighted by Crippen LogP contribution is -2.37. The van der Waals surface area contributed by atoms with Crippen LogP contribution in [0.3, 0.4) is 0 Å². The van der Waals surface area contributed by atoms with Crippen LogP contribution in [0.4, 0.5) is 5.69 Å². The molecular formula is C15H23BrN2. The van der Waals surface area contributed by atoms with Crippen LogP contribution in [0, 0.1) is 5.41 Å². The van der Waals surface area contributed by atoms with Crippen LogP contribution in [-0.2, 0) is 0 Å². The second-order valence-electron chi connectivity index (χ2n) is 6.15. The first-order valence-electron chi connectivity index (χ1n) is 6.69. The van der Waals surface area contributed by atoms with Crippen LogP contribution in [0.15, 0.2) is 22.7 Å². The highest BCUT2D eigenvalue weighted by Crippen LogP contribution is 2.34. The van der Waals surface area contributed by atoms with Crippen molar-refractivity contribution in [2.75, 3.05) is 18.0 Å². The monoisotopic (exact) mass is 310 g/mol. The molecule has 0 aromatic heterocycles. The molecule has 1 aliphatic rings. The Labute approximate surface area is 119 Å². The van der Waals surface area contributed by atoms with E-state index in [1.807, 2.05) is 6.92 Å². The van der Waals surface area contributed by atoms with Crippen molar-refractivity contribution in [3.8, 4) is 0 Å². The van der Waals surface area contributed by atoms with Crippen LogP contribution < -0.4 is 10.6 Å². The van der Waals surface area contributed by atoms with Crippen molar-refractivity contribution < 1.29 is 0 Å². The number of rotatable bonds is 2. The van der Waals surface area contributed by atoms with Gasteiger partial charge >= 0.3 is 0 Å². The van der Waals surface area contributed by atoms with Crippen LogP contribution in [-0.4, -0.2) is 13.1 Å². The van der Waals surface area contributed by atoms with Gasteiger partial charge in [0.05, 0.1) is 0 Å². The maximum Gasteiger partial charge on any atom is 0.0377 e. The molecule has 0 bridgehead atoms. The maximum absolute atomic E-state index is 5.94. The smallest absolute Gasteiger partial charge is 0.0377 e. The standard InChI is InChI=1S/C15H23BrN2/c1-11(17)13-5-4-12(10-14(13)16)18-8-6-15(2,3)7-9-18/h4-5,10-11H,6-9,17H2,1-3H3. The number of hydrogen-bond acceptors (Lipinski definition) is 2. The number of anilines is 1. The van der Waals surface area contributed by atoms with Crippen LogP contribution in [0.25, 0.3) is 0 Å². The van der Waals surface area contributed by atoms with E-state index >= 15 is 0 Å². The highest BCUT2D eigenvalue weighted by molar-refractivity contribution is 9.10. The molecule has 1 unspecified atom stereocenters. The van der Waals surface area contributed by atoms with Crippen LogP contribution in [0.2, 0.25) is 0 Å². The second-order valence-corrected chi connectivity index (χ2v) is 7.00. The predicted octanol–water partition coefficient (Wildman–Crippen LogP) is 4.10. The normalized spacial score (nSPS) is 20.8.